The van der Waals surface area contributed by atoms with Crippen LogP contribution in [-0.4, -0.2) is 25.9 Å². The highest BCUT2D eigenvalue weighted by Crippen LogP contribution is 2.40. The summed E-state index contributed by atoms with van der Waals surface area (Å²) in [5.41, 5.74) is 5.43. The van der Waals surface area contributed by atoms with Crippen LogP contribution >= 0.6 is 0 Å². The van der Waals surface area contributed by atoms with Crippen molar-refractivity contribution in [3.63, 3.8) is 0 Å². The van der Waals surface area contributed by atoms with Crippen molar-refractivity contribution in [2.24, 2.45) is 0 Å². The molecule has 6 nitrogen and oxygen atoms in total. The average molecular weight is 344 g/mol. The summed E-state index contributed by atoms with van der Waals surface area (Å²) in [5.74, 6) is -0.228. The molecule has 124 valence electrons. The van der Waals surface area contributed by atoms with Gasteiger partial charge in [-0.05, 0) is 55.2 Å². The molecule has 2 aromatic rings. The van der Waals surface area contributed by atoms with Crippen LogP contribution in [0.3, 0.4) is 0 Å². The number of amides is 1. The summed E-state index contributed by atoms with van der Waals surface area (Å²) in [6.45, 7) is 4.06. The van der Waals surface area contributed by atoms with Crippen LogP contribution in [0.15, 0.2) is 23.2 Å². The lowest BCUT2D eigenvalue weighted by atomic mass is 9.97. The number of hydrogen-bond donors (Lipinski definition) is 2. The Labute approximate surface area is 139 Å². The lowest BCUT2D eigenvalue weighted by Crippen LogP contribution is -2.19. The monoisotopic (exact) mass is 344 g/mol. The fraction of sp³-hybridized carbons (Fsp3) is 0.235. The molecular formula is C17H16N2O4S. The van der Waals surface area contributed by atoms with E-state index in [4.69, 9.17) is 4.18 Å². The minimum Gasteiger partial charge on any atom is -0.361 e. The molecule has 7 heteroatoms. The van der Waals surface area contributed by atoms with Crippen LogP contribution < -0.4 is 5.32 Å². The first kappa shape index (κ1) is 15.2. The number of aryl methyl sites for hydroxylation is 1. The topological polar surface area (TPSA) is 88.3 Å². The predicted octanol–water partition coefficient (Wildman–Crippen LogP) is 2.39. The molecule has 2 N–H and O–H groups in total. The molecule has 4 rings (SSSR count). The molecule has 0 fully saturated rings. The largest absolute Gasteiger partial charge is 0.361 e. The Hall–Kier alpha value is -2.38. The Morgan fingerprint density at radius 2 is 2.04 bits per heavy atom. The number of carbonyl (C=O) groups is 1. The summed E-state index contributed by atoms with van der Waals surface area (Å²) in [5, 5.41) is 2.81. The molecule has 2 aliphatic heterocycles. The first-order valence-electron chi connectivity index (χ1n) is 7.62. The van der Waals surface area contributed by atoms with Gasteiger partial charge in [0.15, 0.2) is 0 Å². The van der Waals surface area contributed by atoms with Gasteiger partial charge in [0.2, 0.25) is 0 Å². The van der Waals surface area contributed by atoms with Gasteiger partial charge in [0.1, 0.15) is 0 Å². The molecule has 0 atom stereocenters. The molecule has 24 heavy (non-hydrogen) atoms. The van der Waals surface area contributed by atoms with Crippen molar-refractivity contribution >= 4 is 33.4 Å². The number of aromatic nitrogens is 1. The second kappa shape index (κ2) is 5.06. The van der Waals surface area contributed by atoms with E-state index in [0.29, 0.717) is 28.8 Å². The molecular weight excluding hydrogens is 328 g/mol. The predicted molar refractivity (Wildman–Crippen MR) is 90.1 cm³/mol. The van der Waals surface area contributed by atoms with Crippen molar-refractivity contribution in [1.82, 2.24) is 4.98 Å². The van der Waals surface area contributed by atoms with Gasteiger partial charge in [-0.1, -0.05) is 0 Å². The van der Waals surface area contributed by atoms with Crippen LogP contribution in [0.2, 0.25) is 0 Å². The van der Waals surface area contributed by atoms with Gasteiger partial charge in [-0.25, -0.2) is 0 Å². The first-order chi connectivity index (χ1) is 11.4. The minimum atomic E-state index is -3.76. The highest BCUT2D eigenvalue weighted by atomic mass is 32.2. The normalized spacial score (nSPS) is 19.9. The zero-order valence-corrected chi connectivity index (χ0v) is 14.1. The molecule has 3 heterocycles. The van der Waals surface area contributed by atoms with E-state index in [1.54, 1.807) is 12.1 Å². The van der Waals surface area contributed by atoms with Crippen LogP contribution in [0.5, 0.6) is 0 Å². The first-order valence-corrected chi connectivity index (χ1v) is 9.02. The molecule has 0 bridgehead atoms. The van der Waals surface area contributed by atoms with Crippen LogP contribution in [0.4, 0.5) is 5.69 Å². The Morgan fingerprint density at radius 3 is 2.75 bits per heavy atom. The van der Waals surface area contributed by atoms with Crippen molar-refractivity contribution in [2.45, 2.75) is 25.2 Å². The summed E-state index contributed by atoms with van der Waals surface area (Å²) in [4.78, 5) is 15.7. The summed E-state index contributed by atoms with van der Waals surface area (Å²) in [6.07, 6.45) is 4.12. The zero-order valence-electron chi connectivity index (χ0n) is 13.3. The third kappa shape index (κ3) is 2.12. The van der Waals surface area contributed by atoms with Gasteiger partial charge < -0.3 is 10.3 Å². The van der Waals surface area contributed by atoms with Gasteiger partial charge in [-0.3, -0.25) is 8.98 Å². The number of rotatable bonds is 1. The van der Waals surface area contributed by atoms with Crippen molar-refractivity contribution in [3.8, 4) is 0 Å². The number of nitrogens with one attached hydrogen (secondary N) is 2. The zero-order chi connectivity index (χ0) is 17.1. The third-order valence-electron chi connectivity index (χ3n) is 4.62. The Balaban J connectivity index is 1.96. The number of anilines is 1. The summed E-state index contributed by atoms with van der Waals surface area (Å²) < 4.78 is 29.1. The highest BCUT2D eigenvalue weighted by molar-refractivity contribution is 7.86. The van der Waals surface area contributed by atoms with E-state index >= 15 is 0 Å². The summed E-state index contributed by atoms with van der Waals surface area (Å²) in [6, 6.07) is 3.11. The van der Waals surface area contributed by atoms with Crippen LogP contribution in [0, 0.1) is 13.8 Å². The molecule has 0 aliphatic carbocycles. The number of carbonyl (C=O) groups excluding carboxylic acids is 1. The smallest absolute Gasteiger partial charge is 0.297 e. The standard InChI is InChI=1S/C17H16N2O4S/c1-9-8-18-14(10(9)2)7-12-16-11-5-6-23-24(21,22)15(11)4-3-13(16)19-17(12)20/h3-4,7-8,18H,5-6H2,1-2H3,(H,19,20)/b12-7-. The van der Waals surface area contributed by atoms with E-state index in [0.717, 1.165) is 16.8 Å². The van der Waals surface area contributed by atoms with Crippen molar-refractivity contribution in [1.29, 1.82) is 0 Å². The van der Waals surface area contributed by atoms with E-state index in [1.165, 1.54) is 6.07 Å². The number of hydrogen-bond acceptors (Lipinski definition) is 4. The van der Waals surface area contributed by atoms with Crippen LogP contribution in [-0.2, 0) is 25.5 Å². The summed E-state index contributed by atoms with van der Waals surface area (Å²) in [7, 11) is -3.76. The van der Waals surface area contributed by atoms with Crippen LogP contribution in [0.25, 0.3) is 11.6 Å². The Kier molecular flexibility index (Phi) is 3.20. The van der Waals surface area contributed by atoms with E-state index in [9.17, 15) is 13.2 Å². The number of H-pyrrole nitrogens is 1. The molecule has 0 radical (unpaired) electrons. The SMILES string of the molecule is Cc1c[nH]c(/C=C2\C(=O)Nc3ccc4c(c32)CCOS4(=O)=O)c1C. The average Bonchev–Trinajstić information content (AvgIpc) is 3.01. The Bertz CT molecular complexity index is 1020. The highest BCUT2D eigenvalue weighted by Gasteiger charge is 2.34. The fourth-order valence-corrected chi connectivity index (χ4v) is 4.36. The molecule has 1 aromatic heterocycles. The van der Waals surface area contributed by atoms with Crippen molar-refractivity contribution in [2.75, 3.05) is 11.9 Å². The van der Waals surface area contributed by atoms with E-state index in [2.05, 4.69) is 10.3 Å². The second-order valence-corrected chi connectivity index (χ2v) is 7.60. The maximum Gasteiger partial charge on any atom is 0.297 e. The molecule has 2 aliphatic rings. The van der Waals surface area contributed by atoms with Crippen LogP contribution in [0.1, 0.15) is 27.9 Å². The van der Waals surface area contributed by atoms with Gasteiger partial charge in [0.05, 0.1) is 17.1 Å². The Morgan fingerprint density at radius 1 is 1.25 bits per heavy atom. The number of benzene rings is 1. The maximum atomic E-state index is 12.4. The van der Waals surface area contributed by atoms with E-state index in [-0.39, 0.29) is 17.4 Å². The second-order valence-electron chi connectivity index (χ2n) is 6.01. The maximum absolute atomic E-state index is 12.4. The number of fused-ring (bicyclic) bond motifs is 3. The van der Waals surface area contributed by atoms with Crippen molar-refractivity contribution < 1.29 is 17.4 Å². The molecule has 0 saturated heterocycles. The number of aromatic amines is 1. The van der Waals surface area contributed by atoms with Gasteiger partial charge >= 0.3 is 0 Å². The molecule has 0 spiro atoms. The van der Waals surface area contributed by atoms with Gasteiger partial charge in [0, 0.05) is 23.1 Å². The van der Waals surface area contributed by atoms with Gasteiger partial charge in [-0.15, -0.1) is 0 Å². The van der Waals surface area contributed by atoms with Crippen molar-refractivity contribution in [3.05, 3.63) is 46.3 Å². The lowest BCUT2D eigenvalue weighted by Gasteiger charge is -2.19. The van der Waals surface area contributed by atoms with E-state index < -0.39 is 10.1 Å². The lowest BCUT2D eigenvalue weighted by molar-refractivity contribution is -0.110. The summed E-state index contributed by atoms with van der Waals surface area (Å²) >= 11 is 0. The molecule has 0 saturated carbocycles. The van der Waals surface area contributed by atoms with Gasteiger partial charge in [0.25, 0.3) is 16.0 Å². The minimum absolute atomic E-state index is 0.0912. The quantitative estimate of drug-likeness (QED) is 0.614. The molecule has 1 aromatic carbocycles. The molecule has 0 unspecified atom stereocenters. The third-order valence-corrected chi connectivity index (χ3v) is 6.02. The molecule has 1 amide bonds. The van der Waals surface area contributed by atoms with E-state index in [1.807, 2.05) is 20.0 Å². The van der Waals surface area contributed by atoms with Gasteiger partial charge in [-0.2, -0.15) is 8.42 Å². The fourth-order valence-electron chi connectivity index (χ4n) is 3.19.